The standard InChI is InChI=1S/C11H10ClFO2/c12-8-3-7(4-9(13)5-8)11(1-2-11)6-10(14)15/h3-5H,1-2,6H2,(H,14,15). The first-order valence-electron chi connectivity index (χ1n) is 4.70. The molecule has 1 N–H and O–H groups in total. The van der Waals surface area contributed by atoms with Crippen LogP contribution >= 0.6 is 11.6 Å². The van der Waals surface area contributed by atoms with Gasteiger partial charge in [0.05, 0.1) is 6.42 Å². The highest BCUT2D eigenvalue weighted by Gasteiger charge is 2.46. The molecule has 2 rings (SSSR count). The molecule has 0 aliphatic heterocycles. The fourth-order valence-electron chi connectivity index (χ4n) is 1.87. The van der Waals surface area contributed by atoms with Gasteiger partial charge in [0, 0.05) is 10.4 Å². The molecular formula is C11H10ClFO2. The average molecular weight is 229 g/mol. The summed E-state index contributed by atoms with van der Waals surface area (Å²) in [7, 11) is 0. The topological polar surface area (TPSA) is 37.3 Å². The molecule has 1 fully saturated rings. The lowest BCUT2D eigenvalue weighted by Crippen LogP contribution is -2.13. The second-order valence-corrected chi connectivity index (χ2v) is 4.45. The third kappa shape index (κ3) is 2.12. The Hall–Kier alpha value is -1.09. The van der Waals surface area contributed by atoms with Gasteiger partial charge in [0.2, 0.25) is 0 Å². The summed E-state index contributed by atoms with van der Waals surface area (Å²) in [6.45, 7) is 0. The van der Waals surface area contributed by atoms with E-state index in [2.05, 4.69) is 0 Å². The van der Waals surface area contributed by atoms with Gasteiger partial charge in [0.25, 0.3) is 0 Å². The Bertz CT molecular complexity index is 393. The highest BCUT2D eigenvalue weighted by molar-refractivity contribution is 6.30. The minimum Gasteiger partial charge on any atom is -0.481 e. The van der Waals surface area contributed by atoms with Gasteiger partial charge in [-0.15, -0.1) is 0 Å². The van der Waals surface area contributed by atoms with Crippen molar-refractivity contribution in [3.63, 3.8) is 0 Å². The van der Waals surface area contributed by atoms with Crippen LogP contribution in [0.15, 0.2) is 18.2 Å². The first-order chi connectivity index (χ1) is 7.02. The van der Waals surface area contributed by atoms with Crippen molar-refractivity contribution in [3.05, 3.63) is 34.6 Å². The molecule has 0 amide bonds. The lowest BCUT2D eigenvalue weighted by molar-refractivity contribution is -0.137. The minimum atomic E-state index is -0.854. The normalized spacial score (nSPS) is 17.5. The molecule has 15 heavy (non-hydrogen) atoms. The van der Waals surface area contributed by atoms with E-state index in [0.29, 0.717) is 10.6 Å². The van der Waals surface area contributed by atoms with Crippen molar-refractivity contribution in [3.8, 4) is 0 Å². The molecule has 1 aliphatic rings. The minimum absolute atomic E-state index is 0.0484. The molecule has 80 valence electrons. The van der Waals surface area contributed by atoms with E-state index in [9.17, 15) is 9.18 Å². The summed E-state index contributed by atoms with van der Waals surface area (Å²) in [5, 5.41) is 9.08. The lowest BCUT2D eigenvalue weighted by Gasteiger charge is -2.13. The van der Waals surface area contributed by atoms with Gasteiger partial charge in [-0.2, -0.15) is 0 Å². The van der Waals surface area contributed by atoms with Crippen molar-refractivity contribution < 1.29 is 14.3 Å². The Balaban J connectivity index is 2.32. The largest absolute Gasteiger partial charge is 0.481 e. The van der Waals surface area contributed by atoms with Crippen molar-refractivity contribution in [1.82, 2.24) is 0 Å². The predicted molar refractivity (Wildman–Crippen MR) is 54.6 cm³/mol. The van der Waals surface area contributed by atoms with Gasteiger partial charge < -0.3 is 5.11 Å². The molecule has 4 heteroatoms. The molecule has 0 spiro atoms. The third-order valence-corrected chi connectivity index (χ3v) is 3.04. The van der Waals surface area contributed by atoms with Crippen molar-refractivity contribution >= 4 is 17.6 Å². The highest BCUT2D eigenvalue weighted by Crippen LogP contribution is 2.51. The first-order valence-corrected chi connectivity index (χ1v) is 5.08. The van der Waals surface area contributed by atoms with Crippen molar-refractivity contribution in [2.45, 2.75) is 24.7 Å². The Morgan fingerprint density at radius 2 is 2.13 bits per heavy atom. The van der Waals surface area contributed by atoms with E-state index >= 15 is 0 Å². The van der Waals surface area contributed by atoms with Gasteiger partial charge in [-0.1, -0.05) is 11.6 Å². The number of carbonyl (C=O) groups is 1. The third-order valence-electron chi connectivity index (χ3n) is 2.82. The van der Waals surface area contributed by atoms with E-state index < -0.39 is 11.8 Å². The second-order valence-electron chi connectivity index (χ2n) is 4.01. The van der Waals surface area contributed by atoms with E-state index in [1.807, 2.05) is 0 Å². The van der Waals surface area contributed by atoms with Crippen LogP contribution in [0, 0.1) is 5.82 Å². The number of aliphatic carboxylic acids is 1. The molecule has 0 unspecified atom stereocenters. The number of rotatable bonds is 3. The molecule has 0 bridgehead atoms. The Labute approximate surface area is 91.7 Å². The van der Waals surface area contributed by atoms with Gasteiger partial charge in [-0.05, 0) is 36.6 Å². The number of hydrogen-bond acceptors (Lipinski definition) is 1. The SMILES string of the molecule is O=C(O)CC1(c2cc(F)cc(Cl)c2)CC1. The lowest BCUT2D eigenvalue weighted by atomic mass is 9.92. The molecule has 0 saturated heterocycles. The van der Waals surface area contributed by atoms with Gasteiger partial charge in [-0.25, -0.2) is 4.39 Å². The number of carboxylic acid groups (broad SMARTS) is 1. The quantitative estimate of drug-likeness (QED) is 0.864. The Morgan fingerprint density at radius 1 is 1.47 bits per heavy atom. The van der Waals surface area contributed by atoms with Crippen LogP contribution < -0.4 is 0 Å². The van der Waals surface area contributed by atoms with E-state index in [4.69, 9.17) is 16.7 Å². The van der Waals surface area contributed by atoms with Crippen LogP contribution in [0.25, 0.3) is 0 Å². The van der Waals surface area contributed by atoms with Crippen LogP contribution in [0.1, 0.15) is 24.8 Å². The van der Waals surface area contributed by atoms with Crippen LogP contribution in [0.4, 0.5) is 4.39 Å². The predicted octanol–water partition coefficient (Wildman–Crippen LogP) is 2.99. The first kappa shape index (κ1) is 10.4. The molecule has 1 aromatic rings. The van der Waals surface area contributed by atoms with Crippen molar-refractivity contribution in [2.24, 2.45) is 0 Å². The summed E-state index contributed by atoms with van der Waals surface area (Å²) >= 11 is 5.73. The van der Waals surface area contributed by atoms with Crippen LogP contribution in [0.3, 0.4) is 0 Å². The van der Waals surface area contributed by atoms with Crippen molar-refractivity contribution in [1.29, 1.82) is 0 Å². The maximum absolute atomic E-state index is 13.1. The van der Waals surface area contributed by atoms with Crippen LogP contribution in [-0.4, -0.2) is 11.1 Å². The number of benzene rings is 1. The maximum Gasteiger partial charge on any atom is 0.304 e. The molecule has 0 heterocycles. The molecule has 0 aromatic heterocycles. The van der Waals surface area contributed by atoms with E-state index in [0.717, 1.165) is 12.8 Å². The van der Waals surface area contributed by atoms with E-state index in [-0.39, 0.29) is 11.8 Å². The molecule has 1 saturated carbocycles. The summed E-state index contributed by atoms with van der Waals surface area (Å²) in [4.78, 5) is 10.7. The highest BCUT2D eigenvalue weighted by atomic mass is 35.5. The molecular weight excluding hydrogens is 219 g/mol. The second kappa shape index (κ2) is 3.49. The van der Waals surface area contributed by atoms with Gasteiger partial charge in [0.1, 0.15) is 5.82 Å². The number of halogens is 2. The summed E-state index contributed by atoms with van der Waals surface area (Å²) < 4.78 is 13.1. The number of hydrogen-bond donors (Lipinski definition) is 1. The van der Waals surface area contributed by atoms with Crippen LogP contribution in [0.2, 0.25) is 5.02 Å². The molecule has 1 aromatic carbocycles. The van der Waals surface area contributed by atoms with E-state index in [1.165, 1.54) is 12.1 Å². The summed E-state index contributed by atoms with van der Waals surface area (Å²) in [5.41, 5.74) is 0.326. The Morgan fingerprint density at radius 3 is 2.60 bits per heavy atom. The summed E-state index contributed by atoms with van der Waals surface area (Å²) in [6.07, 6.45) is 1.63. The molecule has 2 nitrogen and oxygen atoms in total. The molecule has 1 aliphatic carbocycles. The fraction of sp³-hybridized carbons (Fsp3) is 0.364. The summed E-state index contributed by atoms with van der Waals surface area (Å²) in [5.74, 6) is -1.26. The Kier molecular flexibility index (Phi) is 2.43. The van der Waals surface area contributed by atoms with Gasteiger partial charge in [-0.3, -0.25) is 4.79 Å². The smallest absolute Gasteiger partial charge is 0.304 e. The summed E-state index contributed by atoms with van der Waals surface area (Å²) in [6, 6.07) is 4.25. The maximum atomic E-state index is 13.1. The van der Waals surface area contributed by atoms with Crippen LogP contribution in [-0.2, 0) is 10.2 Å². The van der Waals surface area contributed by atoms with Gasteiger partial charge in [0.15, 0.2) is 0 Å². The molecule has 0 radical (unpaired) electrons. The van der Waals surface area contributed by atoms with E-state index in [1.54, 1.807) is 6.07 Å². The zero-order valence-corrected chi connectivity index (χ0v) is 8.72. The molecule has 0 atom stereocenters. The average Bonchev–Trinajstić information content (AvgIpc) is 2.82. The van der Waals surface area contributed by atoms with Crippen LogP contribution in [0.5, 0.6) is 0 Å². The van der Waals surface area contributed by atoms with Gasteiger partial charge >= 0.3 is 5.97 Å². The number of carboxylic acids is 1. The monoisotopic (exact) mass is 228 g/mol. The zero-order valence-electron chi connectivity index (χ0n) is 7.96. The fourth-order valence-corrected chi connectivity index (χ4v) is 2.09. The van der Waals surface area contributed by atoms with Crippen molar-refractivity contribution in [2.75, 3.05) is 0 Å². The zero-order chi connectivity index (χ0) is 11.1.